The highest BCUT2D eigenvalue weighted by Gasteiger charge is 2.28. The Morgan fingerprint density at radius 1 is 1.19 bits per heavy atom. The summed E-state index contributed by atoms with van der Waals surface area (Å²) in [4.78, 5) is 29.9. The van der Waals surface area contributed by atoms with E-state index in [1.807, 2.05) is 30.3 Å². The van der Waals surface area contributed by atoms with Crippen LogP contribution in [-0.2, 0) is 22.4 Å². The molecule has 0 fully saturated rings. The third-order valence-corrected chi connectivity index (χ3v) is 4.36. The number of furan rings is 1. The van der Waals surface area contributed by atoms with Crippen molar-refractivity contribution >= 4 is 11.9 Å². The maximum absolute atomic E-state index is 12.7. The first-order valence-corrected chi connectivity index (χ1v) is 8.48. The van der Waals surface area contributed by atoms with Gasteiger partial charge in [0.05, 0.1) is 18.4 Å². The average Bonchev–Trinajstić information content (AvgIpc) is 3.30. The Balaban J connectivity index is 1.73. The smallest absolute Gasteiger partial charge is 0.326 e. The molecule has 1 amide bonds. The number of carbonyl (C=O) groups is 2. The van der Waals surface area contributed by atoms with Crippen molar-refractivity contribution in [3.05, 3.63) is 65.7 Å². The van der Waals surface area contributed by atoms with Gasteiger partial charge in [-0.3, -0.25) is 4.79 Å². The van der Waals surface area contributed by atoms with Crippen LogP contribution in [0.4, 0.5) is 0 Å². The second-order valence-corrected chi connectivity index (χ2v) is 6.22. The molecule has 7 nitrogen and oxygen atoms in total. The number of aromatic nitrogens is 1. The van der Waals surface area contributed by atoms with Gasteiger partial charge >= 0.3 is 5.97 Å². The van der Waals surface area contributed by atoms with Crippen molar-refractivity contribution in [3.8, 4) is 11.7 Å². The number of amides is 1. The Kier molecular flexibility index (Phi) is 5.40. The summed E-state index contributed by atoms with van der Waals surface area (Å²) in [6.07, 6.45) is 1.69. The molecule has 0 saturated heterocycles. The molecule has 0 aliphatic heterocycles. The standard InChI is InChI=1S/C20H20N2O5/c1-13-15(21-19(27-13)17-9-6-10-26-17)12-18(23)22(2)16(20(24)25)11-14-7-4-3-5-8-14/h3-10,16H,11-12H2,1-2H3,(H,24,25). The molecular formula is C20H20N2O5. The van der Waals surface area contributed by atoms with Crippen molar-refractivity contribution in [3.63, 3.8) is 0 Å². The number of hydrogen-bond donors (Lipinski definition) is 1. The highest BCUT2D eigenvalue weighted by Crippen LogP contribution is 2.22. The van der Waals surface area contributed by atoms with E-state index in [0.717, 1.165) is 5.56 Å². The molecule has 3 aromatic rings. The number of oxazole rings is 1. The first kappa shape index (κ1) is 18.4. The van der Waals surface area contributed by atoms with Crippen LogP contribution in [0.5, 0.6) is 0 Å². The van der Waals surface area contributed by atoms with Crippen LogP contribution in [0.25, 0.3) is 11.7 Å². The van der Waals surface area contributed by atoms with E-state index in [0.29, 0.717) is 23.1 Å². The normalized spacial score (nSPS) is 11.9. The number of carboxylic acids is 1. The summed E-state index contributed by atoms with van der Waals surface area (Å²) in [5.41, 5.74) is 1.31. The van der Waals surface area contributed by atoms with E-state index >= 15 is 0 Å². The fourth-order valence-corrected chi connectivity index (χ4v) is 2.77. The maximum atomic E-state index is 12.7. The quantitative estimate of drug-likeness (QED) is 0.689. The number of nitrogens with zero attached hydrogens (tertiary/aromatic N) is 2. The Bertz CT molecular complexity index is 915. The van der Waals surface area contributed by atoms with Gasteiger partial charge in [-0.25, -0.2) is 9.78 Å². The summed E-state index contributed by atoms with van der Waals surface area (Å²) in [6, 6.07) is 11.7. The van der Waals surface area contributed by atoms with Crippen LogP contribution >= 0.6 is 0 Å². The zero-order valence-corrected chi connectivity index (χ0v) is 15.1. The molecule has 0 spiro atoms. The van der Waals surface area contributed by atoms with E-state index in [1.165, 1.54) is 18.2 Å². The van der Waals surface area contributed by atoms with E-state index < -0.39 is 12.0 Å². The molecule has 0 bridgehead atoms. The van der Waals surface area contributed by atoms with Crippen LogP contribution < -0.4 is 0 Å². The van der Waals surface area contributed by atoms with Gasteiger partial charge in [-0.05, 0) is 24.6 Å². The second-order valence-electron chi connectivity index (χ2n) is 6.22. The molecule has 7 heteroatoms. The van der Waals surface area contributed by atoms with Crippen molar-refractivity contribution in [1.82, 2.24) is 9.88 Å². The molecule has 1 aromatic carbocycles. The lowest BCUT2D eigenvalue weighted by Gasteiger charge is -2.24. The lowest BCUT2D eigenvalue weighted by atomic mass is 10.0. The van der Waals surface area contributed by atoms with Crippen molar-refractivity contribution in [1.29, 1.82) is 0 Å². The number of rotatable bonds is 7. The third kappa shape index (κ3) is 4.25. The highest BCUT2D eigenvalue weighted by atomic mass is 16.4. The molecule has 2 heterocycles. The molecular weight excluding hydrogens is 348 g/mol. The summed E-state index contributed by atoms with van der Waals surface area (Å²) in [5, 5.41) is 9.56. The van der Waals surface area contributed by atoms with E-state index in [9.17, 15) is 14.7 Å². The lowest BCUT2D eigenvalue weighted by molar-refractivity contribution is -0.148. The van der Waals surface area contributed by atoms with Crippen LogP contribution in [0.1, 0.15) is 17.0 Å². The third-order valence-electron chi connectivity index (χ3n) is 4.36. The largest absolute Gasteiger partial charge is 0.480 e. The molecule has 140 valence electrons. The van der Waals surface area contributed by atoms with Crippen LogP contribution in [0.15, 0.2) is 57.6 Å². The van der Waals surface area contributed by atoms with Gasteiger partial charge in [-0.2, -0.15) is 0 Å². The number of carboxylic acid groups (broad SMARTS) is 1. The van der Waals surface area contributed by atoms with Gasteiger partial charge in [0.1, 0.15) is 11.8 Å². The lowest BCUT2D eigenvalue weighted by Crippen LogP contribution is -2.44. The second kappa shape index (κ2) is 7.90. The van der Waals surface area contributed by atoms with Gasteiger partial charge in [0, 0.05) is 13.5 Å². The number of likely N-dealkylation sites (N-methyl/N-ethyl adjacent to an activating group) is 1. The summed E-state index contributed by atoms with van der Waals surface area (Å²) >= 11 is 0. The SMILES string of the molecule is Cc1oc(-c2ccco2)nc1CC(=O)N(C)C(Cc1ccccc1)C(=O)O. The fraction of sp³-hybridized carbons (Fsp3) is 0.250. The molecule has 0 aliphatic rings. The highest BCUT2D eigenvalue weighted by molar-refractivity contribution is 5.85. The molecule has 1 unspecified atom stereocenters. The maximum Gasteiger partial charge on any atom is 0.326 e. The first-order chi connectivity index (χ1) is 13.0. The van der Waals surface area contributed by atoms with Crippen molar-refractivity contribution in [2.45, 2.75) is 25.8 Å². The molecule has 1 atom stereocenters. The van der Waals surface area contributed by atoms with Gasteiger partial charge in [0.15, 0.2) is 5.76 Å². The van der Waals surface area contributed by atoms with E-state index in [2.05, 4.69) is 4.98 Å². The van der Waals surface area contributed by atoms with E-state index in [-0.39, 0.29) is 18.7 Å². The Morgan fingerprint density at radius 3 is 2.56 bits per heavy atom. The Hall–Kier alpha value is -3.35. The predicted molar refractivity (Wildman–Crippen MR) is 97.0 cm³/mol. The van der Waals surface area contributed by atoms with Gasteiger partial charge in [0.2, 0.25) is 5.91 Å². The van der Waals surface area contributed by atoms with Crippen LogP contribution in [0, 0.1) is 6.92 Å². The number of aliphatic carboxylic acids is 1. The number of hydrogen-bond acceptors (Lipinski definition) is 5. The molecule has 0 aliphatic carbocycles. The van der Waals surface area contributed by atoms with E-state index in [1.54, 1.807) is 19.1 Å². The number of carbonyl (C=O) groups excluding carboxylic acids is 1. The summed E-state index contributed by atoms with van der Waals surface area (Å²) in [7, 11) is 1.49. The van der Waals surface area contributed by atoms with Crippen LogP contribution in [0.3, 0.4) is 0 Å². The van der Waals surface area contributed by atoms with E-state index in [4.69, 9.17) is 8.83 Å². The Labute approximate surface area is 156 Å². The minimum atomic E-state index is -1.05. The van der Waals surface area contributed by atoms with Gasteiger partial charge in [-0.15, -0.1) is 0 Å². The number of aryl methyl sites for hydroxylation is 1. The molecule has 0 radical (unpaired) electrons. The molecule has 1 N–H and O–H groups in total. The minimum absolute atomic E-state index is 0.0505. The number of benzene rings is 1. The van der Waals surface area contributed by atoms with Crippen LogP contribution in [-0.4, -0.2) is 40.0 Å². The molecule has 0 saturated carbocycles. The van der Waals surface area contributed by atoms with Crippen molar-refractivity contribution < 1.29 is 23.5 Å². The van der Waals surface area contributed by atoms with Crippen molar-refractivity contribution in [2.24, 2.45) is 0 Å². The monoisotopic (exact) mass is 368 g/mol. The zero-order chi connectivity index (χ0) is 19.4. The zero-order valence-electron chi connectivity index (χ0n) is 15.1. The molecule has 27 heavy (non-hydrogen) atoms. The van der Waals surface area contributed by atoms with Gasteiger partial charge in [-0.1, -0.05) is 30.3 Å². The van der Waals surface area contributed by atoms with Gasteiger partial charge in [0.25, 0.3) is 5.89 Å². The predicted octanol–water partition coefficient (Wildman–Crippen LogP) is 2.94. The van der Waals surface area contributed by atoms with Gasteiger partial charge < -0.3 is 18.8 Å². The fourth-order valence-electron chi connectivity index (χ4n) is 2.77. The molecule has 3 rings (SSSR count). The minimum Gasteiger partial charge on any atom is -0.480 e. The Morgan fingerprint density at radius 2 is 1.93 bits per heavy atom. The molecule has 2 aromatic heterocycles. The topological polar surface area (TPSA) is 96.8 Å². The summed E-state index contributed by atoms with van der Waals surface area (Å²) < 4.78 is 10.8. The average molecular weight is 368 g/mol. The van der Waals surface area contributed by atoms with Crippen LogP contribution in [0.2, 0.25) is 0 Å². The van der Waals surface area contributed by atoms with Crippen molar-refractivity contribution in [2.75, 3.05) is 7.05 Å². The first-order valence-electron chi connectivity index (χ1n) is 8.48. The summed E-state index contributed by atoms with van der Waals surface area (Å²) in [6.45, 7) is 1.71. The summed E-state index contributed by atoms with van der Waals surface area (Å²) in [5.74, 6) is -0.138.